The first kappa shape index (κ1) is 10.7. The van der Waals surface area contributed by atoms with Crippen LogP contribution >= 0.6 is 11.8 Å². The van der Waals surface area contributed by atoms with Crippen molar-refractivity contribution in [2.45, 2.75) is 37.5 Å². The summed E-state index contributed by atoms with van der Waals surface area (Å²) >= 11 is 2.06. The smallest absolute Gasteiger partial charge is 0.0696 e. The van der Waals surface area contributed by atoms with E-state index in [1.165, 1.54) is 54.1 Å². The second-order valence-corrected chi connectivity index (χ2v) is 6.04. The van der Waals surface area contributed by atoms with Gasteiger partial charge in [0.25, 0.3) is 0 Å². The molecule has 16 heavy (non-hydrogen) atoms. The Balaban J connectivity index is 1.93. The molecule has 2 atom stereocenters. The average Bonchev–Trinajstić information content (AvgIpc) is 2.96. The molecule has 0 bridgehead atoms. The number of hydrogen-bond donors (Lipinski definition) is 2. The van der Waals surface area contributed by atoms with Gasteiger partial charge in [0.05, 0.1) is 5.69 Å². The normalized spacial score (nSPS) is 29.3. The van der Waals surface area contributed by atoms with Crippen LogP contribution in [0.25, 0.3) is 0 Å². The third-order valence-electron chi connectivity index (χ3n) is 3.92. The molecule has 1 saturated heterocycles. The molecule has 3 nitrogen and oxygen atoms in total. The van der Waals surface area contributed by atoms with Crippen molar-refractivity contribution in [2.24, 2.45) is 5.73 Å². The fourth-order valence-electron chi connectivity index (χ4n) is 2.99. The number of aromatic amines is 1. The molecule has 1 aliphatic carbocycles. The van der Waals surface area contributed by atoms with E-state index in [1.807, 2.05) is 0 Å². The van der Waals surface area contributed by atoms with E-state index < -0.39 is 0 Å². The maximum atomic E-state index is 5.83. The van der Waals surface area contributed by atoms with Gasteiger partial charge in [0.15, 0.2) is 0 Å². The highest BCUT2D eigenvalue weighted by molar-refractivity contribution is 7.99. The molecule has 1 aromatic heterocycles. The summed E-state index contributed by atoms with van der Waals surface area (Å²) < 4.78 is 0. The van der Waals surface area contributed by atoms with Crippen LogP contribution in [-0.4, -0.2) is 28.2 Å². The van der Waals surface area contributed by atoms with Gasteiger partial charge in [-0.25, -0.2) is 0 Å². The zero-order valence-electron chi connectivity index (χ0n) is 9.54. The maximum Gasteiger partial charge on any atom is 0.0696 e. The van der Waals surface area contributed by atoms with Crippen molar-refractivity contribution < 1.29 is 0 Å². The molecular formula is C12H19N3S. The second-order valence-electron chi connectivity index (χ2n) is 4.89. The predicted octanol–water partition coefficient (Wildman–Crippen LogP) is 2.01. The van der Waals surface area contributed by atoms with Gasteiger partial charge >= 0.3 is 0 Å². The van der Waals surface area contributed by atoms with E-state index >= 15 is 0 Å². The summed E-state index contributed by atoms with van der Waals surface area (Å²) in [5.41, 5.74) is 10.0. The van der Waals surface area contributed by atoms with Crippen LogP contribution in [0.1, 0.15) is 48.0 Å². The van der Waals surface area contributed by atoms with E-state index in [9.17, 15) is 0 Å². The van der Waals surface area contributed by atoms with Crippen molar-refractivity contribution >= 4 is 11.8 Å². The van der Waals surface area contributed by atoms with Gasteiger partial charge in [-0.1, -0.05) is 0 Å². The fourth-order valence-corrected chi connectivity index (χ4v) is 4.21. The highest BCUT2D eigenvalue weighted by Gasteiger charge is 2.29. The van der Waals surface area contributed by atoms with E-state index in [0.29, 0.717) is 11.8 Å². The van der Waals surface area contributed by atoms with E-state index in [1.54, 1.807) is 0 Å². The van der Waals surface area contributed by atoms with Crippen LogP contribution in [0.5, 0.6) is 0 Å². The van der Waals surface area contributed by atoms with E-state index in [2.05, 4.69) is 22.0 Å². The Morgan fingerprint density at radius 3 is 3.12 bits per heavy atom. The first-order valence-electron chi connectivity index (χ1n) is 6.25. The molecule has 2 heterocycles. The average molecular weight is 237 g/mol. The van der Waals surface area contributed by atoms with Gasteiger partial charge in [-0.05, 0) is 37.0 Å². The lowest BCUT2D eigenvalue weighted by Crippen LogP contribution is -2.18. The lowest BCUT2D eigenvalue weighted by atomic mass is 9.84. The molecule has 2 unspecified atom stereocenters. The van der Waals surface area contributed by atoms with Gasteiger partial charge in [0.2, 0.25) is 0 Å². The number of thioether (sulfide) groups is 1. The van der Waals surface area contributed by atoms with Crippen molar-refractivity contribution in [1.29, 1.82) is 0 Å². The molecule has 0 spiro atoms. The van der Waals surface area contributed by atoms with Gasteiger partial charge in [-0.2, -0.15) is 16.9 Å². The minimum absolute atomic E-state index is 0.527. The van der Waals surface area contributed by atoms with E-state index in [4.69, 9.17) is 5.73 Å². The van der Waals surface area contributed by atoms with Gasteiger partial charge in [-0.3, -0.25) is 5.10 Å². The summed E-state index contributed by atoms with van der Waals surface area (Å²) in [4.78, 5) is 0. The molecule has 0 saturated carbocycles. The Labute approximate surface area is 101 Å². The molecule has 1 fully saturated rings. The summed E-state index contributed by atoms with van der Waals surface area (Å²) in [5, 5.41) is 7.85. The van der Waals surface area contributed by atoms with Crippen molar-refractivity contribution in [1.82, 2.24) is 10.2 Å². The lowest BCUT2D eigenvalue weighted by Gasteiger charge is -2.21. The van der Waals surface area contributed by atoms with Gasteiger partial charge < -0.3 is 5.73 Å². The minimum atomic E-state index is 0.527. The third-order valence-corrected chi connectivity index (χ3v) is 5.08. The maximum absolute atomic E-state index is 5.83. The highest BCUT2D eigenvalue weighted by Crippen LogP contribution is 2.38. The second kappa shape index (κ2) is 4.41. The number of aromatic nitrogens is 2. The number of nitrogens with zero attached hydrogens (tertiary/aromatic N) is 1. The van der Waals surface area contributed by atoms with Crippen LogP contribution in [0.4, 0.5) is 0 Å². The molecule has 0 radical (unpaired) electrons. The summed E-state index contributed by atoms with van der Waals surface area (Å²) in [6, 6.07) is 0. The minimum Gasteiger partial charge on any atom is -0.330 e. The Morgan fingerprint density at radius 1 is 1.44 bits per heavy atom. The van der Waals surface area contributed by atoms with Crippen LogP contribution in [0, 0.1) is 0 Å². The molecule has 3 rings (SSSR count). The number of nitrogens with one attached hydrogen (secondary N) is 1. The van der Waals surface area contributed by atoms with E-state index in [0.717, 1.165) is 6.54 Å². The zero-order chi connectivity index (χ0) is 11.0. The van der Waals surface area contributed by atoms with Gasteiger partial charge in [0, 0.05) is 29.8 Å². The molecule has 3 N–H and O–H groups in total. The van der Waals surface area contributed by atoms with Crippen molar-refractivity contribution in [2.75, 3.05) is 18.1 Å². The summed E-state index contributed by atoms with van der Waals surface area (Å²) in [5.74, 6) is 3.78. The number of hydrogen-bond acceptors (Lipinski definition) is 3. The van der Waals surface area contributed by atoms with E-state index in [-0.39, 0.29) is 0 Å². The molecule has 1 aromatic rings. The number of fused-ring (bicyclic) bond motifs is 1. The molecule has 88 valence electrons. The van der Waals surface area contributed by atoms with Crippen LogP contribution in [-0.2, 0) is 6.42 Å². The third kappa shape index (κ3) is 1.68. The predicted molar refractivity (Wildman–Crippen MR) is 68.0 cm³/mol. The number of rotatable bonds is 2. The van der Waals surface area contributed by atoms with Crippen LogP contribution in [0.15, 0.2) is 0 Å². The van der Waals surface area contributed by atoms with Crippen LogP contribution in [0.2, 0.25) is 0 Å². The number of nitrogens with two attached hydrogens (primary N) is 1. The first-order valence-corrected chi connectivity index (χ1v) is 7.40. The quantitative estimate of drug-likeness (QED) is 0.827. The summed E-state index contributed by atoms with van der Waals surface area (Å²) in [6.45, 7) is 0.758. The zero-order valence-corrected chi connectivity index (χ0v) is 10.4. The largest absolute Gasteiger partial charge is 0.330 e. The van der Waals surface area contributed by atoms with Crippen molar-refractivity contribution in [3.63, 3.8) is 0 Å². The summed E-state index contributed by atoms with van der Waals surface area (Å²) in [6.07, 6.45) is 5.01. The van der Waals surface area contributed by atoms with Crippen LogP contribution < -0.4 is 5.73 Å². The molecule has 2 aliphatic rings. The molecular weight excluding hydrogens is 218 g/mol. The van der Waals surface area contributed by atoms with Crippen molar-refractivity contribution in [3.05, 3.63) is 17.0 Å². The number of H-pyrrole nitrogens is 1. The highest BCUT2D eigenvalue weighted by atomic mass is 32.2. The first-order chi connectivity index (χ1) is 7.90. The van der Waals surface area contributed by atoms with Crippen LogP contribution in [0.3, 0.4) is 0 Å². The SMILES string of the molecule is NCC1CCCc2c(C3CCSC3)n[nH]c21. The Bertz CT molecular complexity index is 368. The summed E-state index contributed by atoms with van der Waals surface area (Å²) in [7, 11) is 0. The van der Waals surface area contributed by atoms with Gasteiger partial charge in [0.1, 0.15) is 0 Å². The molecule has 0 amide bonds. The topological polar surface area (TPSA) is 54.7 Å². The van der Waals surface area contributed by atoms with Crippen molar-refractivity contribution in [3.8, 4) is 0 Å². The lowest BCUT2D eigenvalue weighted by molar-refractivity contribution is 0.547. The molecule has 4 heteroatoms. The molecule has 0 aromatic carbocycles. The fraction of sp³-hybridized carbons (Fsp3) is 0.750. The Kier molecular flexibility index (Phi) is 2.94. The standard InChI is InChI=1S/C12H19N3S/c13-6-8-2-1-3-10-11(8)14-15-12(10)9-4-5-16-7-9/h8-9H,1-7,13H2,(H,14,15). The Hall–Kier alpha value is -0.480. The van der Waals surface area contributed by atoms with Gasteiger partial charge in [-0.15, -0.1) is 0 Å². The monoisotopic (exact) mass is 237 g/mol. The molecule has 1 aliphatic heterocycles. The Morgan fingerprint density at radius 2 is 2.38 bits per heavy atom.